The van der Waals surface area contributed by atoms with Crippen molar-refractivity contribution in [2.24, 2.45) is 0 Å². The smallest absolute Gasteiger partial charge is 0.240 e. The van der Waals surface area contributed by atoms with Gasteiger partial charge in [-0.25, -0.2) is 0 Å². The van der Waals surface area contributed by atoms with E-state index in [4.69, 9.17) is 0 Å². The first-order valence-corrected chi connectivity index (χ1v) is 7.64. The average molecular weight is 289 g/mol. The summed E-state index contributed by atoms with van der Waals surface area (Å²) in [7, 11) is 0. The molecule has 1 saturated heterocycles. The van der Waals surface area contributed by atoms with Crippen LogP contribution >= 0.6 is 0 Å². The number of hydrogen-bond donors (Lipinski definition) is 1. The molecule has 114 valence electrons. The number of aromatic nitrogens is 1. The normalized spacial score (nSPS) is 17.8. The molecule has 1 N–H and O–H groups in total. The first-order valence-electron chi connectivity index (χ1n) is 7.64. The van der Waals surface area contributed by atoms with Crippen molar-refractivity contribution in [3.05, 3.63) is 30.1 Å². The van der Waals surface area contributed by atoms with Gasteiger partial charge in [0.1, 0.15) is 0 Å². The van der Waals surface area contributed by atoms with E-state index in [1.54, 1.807) is 17.3 Å². The Morgan fingerprint density at radius 1 is 1.38 bits per heavy atom. The van der Waals surface area contributed by atoms with Crippen LogP contribution < -0.4 is 5.32 Å². The Labute approximate surface area is 125 Å². The molecule has 5 nitrogen and oxygen atoms in total. The van der Waals surface area contributed by atoms with Crippen molar-refractivity contribution in [2.45, 2.75) is 45.1 Å². The van der Waals surface area contributed by atoms with E-state index < -0.39 is 0 Å². The molecule has 2 rings (SSSR count). The van der Waals surface area contributed by atoms with E-state index in [9.17, 15) is 9.59 Å². The Morgan fingerprint density at radius 3 is 2.95 bits per heavy atom. The second-order valence-electron chi connectivity index (χ2n) is 5.56. The van der Waals surface area contributed by atoms with E-state index in [1.165, 1.54) is 0 Å². The average Bonchev–Trinajstić information content (AvgIpc) is 2.48. The molecule has 1 aromatic rings. The van der Waals surface area contributed by atoms with E-state index in [-0.39, 0.29) is 24.4 Å². The van der Waals surface area contributed by atoms with Crippen LogP contribution in [0.5, 0.6) is 0 Å². The van der Waals surface area contributed by atoms with E-state index in [1.807, 2.05) is 19.1 Å². The fourth-order valence-electron chi connectivity index (χ4n) is 2.56. The molecule has 1 atom stereocenters. The molecule has 2 heterocycles. The maximum atomic E-state index is 12.1. The van der Waals surface area contributed by atoms with E-state index in [0.29, 0.717) is 13.0 Å². The second-order valence-corrected chi connectivity index (χ2v) is 5.56. The summed E-state index contributed by atoms with van der Waals surface area (Å²) in [6, 6.07) is 3.68. The quantitative estimate of drug-likeness (QED) is 0.922. The fraction of sp³-hybridized carbons (Fsp3) is 0.562. The highest BCUT2D eigenvalue weighted by Gasteiger charge is 2.19. The van der Waals surface area contributed by atoms with Gasteiger partial charge < -0.3 is 10.2 Å². The number of pyridine rings is 1. The molecule has 1 aromatic heterocycles. The van der Waals surface area contributed by atoms with Crippen LogP contribution in [0, 0.1) is 0 Å². The Balaban J connectivity index is 1.86. The number of likely N-dealkylation sites (tertiary alicyclic amines) is 1. The largest absolute Gasteiger partial charge is 0.348 e. The van der Waals surface area contributed by atoms with Crippen LogP contribution in [-0.4, -0.2) is 34.8 Å². The summed E-state index contributed by atoms with van der Waals surface area (Å²) >= 11 is 0. The summed E-state index contributed by atoms with van der Waals surface area (Å²) in [5.41, 5.74) is 0.963. The van der Waals surface area contributed by atoms with Crippen molar-refractivity contribution < 1.29 is 9.59 Å². The minimum atomic E-state index is -0.111. The van der Waals surface area contributed by atoms with Gasteiger partial charge in [-0.3, -0.25) is 14.6 Å². The van der Waals surface area contributed by atoms with Crippen LogP contribution in [0.1, 0.15) is 50.6 Å². The highest BCUT2D eigenvalue weighted by atomic mass is 16.2. The van der Waals surface area contributed by atoms with E-state index in [0.717, 1.165) is 31.2 Å². The summed E-state index contributed by atoms with van der Waals surface area (Å²) < 4.78 is 0. The van der Waals surface area contributed by atoms with Gasteiger partial charge in [-0.2, -0.15) is 0 Å². The Kier molecular flexibility index (Phi) is 5.72. The zero-order chi connectivity index (χ0) is 15.1. The number of amides is 2. The molecule has 0 unspecified atom stereocenters. The van der Waals surface area contributed by atoms with Gasteiger partial charge in [0, 0.05) is 25.4 Å². The minimum absolute atomic E-state index is 0.0962. The van der Waals surface area contributed by atoms with Gasteiger partial charge in [0.05, 0.1) is 12.6 Å². The summed E-state index contributed by atoms with van der Waals surface area (Å²) in [6.45, 7) is 2.77. The van der Waals surface area contributed by atoms with Crippen molar-refractivity contribution in [2.75, 3.05) is 13.1 Å². The number of hydrogen-bond acceptors (Lipinski definition) is 3. The highest BCUT2D eigenvalue weighted by molar-refractivity contribution is 5.85. The van der Waals surface area contributed by atoms with Crippen molar-refractivity contribution in [3.8, 4) is 0 Å². The van der Waals surface area contributed by atoms with Gasteiger partial charge in [-0.1, -0.05) is 18.9 Å². The molecule has 1 fully saturated rings. The lowest BCUT2D eigenvalue weighted by atomic mass is 10.1. The number of rotatable bonds is 4. The zero-order valence-corrected chi connectivity index (χ0v) is 12.5. The first-order chi connectivity index (χ1) is 10.2. The summed E-state index contributed by atoms with van der Waals surface area (Å²) in [5.74, 6) is -0.0147. The van der Waals surface area contributed by atoms with E-state index >= 15 is 0 Å². The van der Waals surface area contributed by atoms with Crippen LogP contribution in [0.2, 0.25) is 0 Å². The van der Waals surface area contributed by atoms with Crippen LogP contribution in [0.3, 0.4) is 0 Å². The third-order valence-corrected chi connectivity index (χ3v) is 3.82. The van der Waals surface area contributed by atoms with Crippen LogP contribution in [0.4, 0.5) is 0 Å². The van der Waals surface area contributed by atoms with Crippen molar-refractivity contribution in [3.63, 3.8) is 0 Å². The van der Waals surface area contributed by atoms with Crippen molar-refractivity contribution >= 4 is 11.8 Å². The lowest BCUT2D eigenvalue weighted by Crippen LogP contribution is -2.42. The Hall–Kier alpha value is -1.91. The summed E-state index contributed by atoms with van der Waals surface area (Å²) in [5, 5.41) is 2.93. The molecular weight excluding hydrogens is 266 g/mol. The molecular formula is C16H23N3O2. The molecule has 0 saturated carbocycles. The molecule has 0 aliphatic carbocycles. The standard InChI is InChI=1S/C16H23N3O2/c1-13(14-7-6-9-17-11-14)18-15(20)12-19-10-5-3-2-4-8-16(19)21/h6-7,9,11,13H,2-5,8,10,12H2,1H3,(H,18,20)/t13-/m1/s1. The molecule has 21 heavy (non-hydrogen) atoms. The third kappa shape index (κ3) is 4.85. The number of nitrogens with one attached hydrogen (secondary N) is 1. The summed E-state index contributed by atoms with van der Waals surface area (Å²) in [4.78, 5) is 29.8. The highest BCUT2D eigenvalue weighted by Crippen LogP contribution is 2.12. The predicted molar refractivity (Wildman–Crippen MR) is 80.5 cm³/mol. The number of carbonyl (C=O) groups is 2. The molecule has 0 radical (unpaired) electrons. The Morgan fingerprint density at radius 2 is 2.19 bits per heavy atom. The monoisotopic (exact) mass is 289 g/mol. The third-order valence-electron chi connectivity index (χ3n) is 3.82. The van der Waals surface area contributed by atoms with E-state index in [2.05, 4.69) is 10.3 Å². The van der Waals surface area contributed by atoms with Crippen LogP contribution in [0.15, 0.2) is 24.5 Å². The van der Waals surface area contributed by atoms with Gasteiger partial charge in [-0.15, -0.1) is 0 Å². The maximum absolute atomic E-state index is 12.1. The molecule has 1 aliphatic rings. The minimum Gasteiger partial charge on any atom is -0.348 e. The Bertz CT molecular complexity index is 476. The van der Waals surface area contributed by atoms with Crippen molar-refractivity contribution in [1.82, 2.24) is 15.2 Å². The van der Waals surface area contributed by atoms with Gasteiger partial charge >= 0.3 is 0 Å². The SMILES string of the molecule is C[C@@H](NC(=O)CN1CCCCCCC1=O)c1cccnc1. The topological polar surface area (TPSA) is 62.3 Å². The molecule has 1 aliphatic heterocycles. The second kappa shape index (κ2) is 7.76. The fourth-order valence-corrected chi connectivity index (χ4v) is 2.56. The van der Waals surface area contributed by atoms with Crippen LogP contribution in [-0.2, 0) is 9.59 Å². The van der Waals surface area contributed by atoms with Gasteiger partial charge in [-0.05, 0) is 31.4 Å². The first kappa shape index (κ1) is 15.5. The molecule has 0 bridgehead atoms. The zero-order valence-electron chi connectivity index (χ0n) is 12.5. The number of carbonyl (C=O) groups excluding carboxylic acids is 2. The maximum Gasteiger partial charge on any atom is 0.240 e. The van der Waals surface area contributed by atoms with Gasteiger partial charge in [0.2, 0.25) is 11.8 Å². The lowest BCUT2D eigenvalue weighted by molar-refractivity contribution is -0.136. The molecule has 2 amide bonds. The predicted octanol–water partition coefficient (Wildman–Crippen LogP) is 2.05. The summed E-state index contributed by atoms with van der Waals surface area (Å²) in [6.07, 6.45) is 8.18. The van der Waals surface area contributed by atoms with Crippen LogP contribution in [0.25, 0.3) is 0 Å². The van der Waals surface area contributed by atoms with Gasteiger partial charge in [0.25, 0.3) is 0 Å². The molecule has 0 aromatic carbocycles. The lowest BCUT2D eigenvalue weighted by Gasteiger charge is -2.25. The van der Waals surface area contributed by atoms with Gasteiger partial charge in [0.15, 0.2) is 0 Å². The van der Waals surface area contributed by atoms with Crippen molar-refractivity contribution in [1.29, 1.82) is 0 Å². The molecule has 5 heteroatoms. The number of nitrogens with zero attached hydrogens (tertiary/aromatic N) is 2. The molecule has 0 spiro atoms.